The standard InChI is InChI=1S/C12H18FNO2/c1-10(14-6-8-16-9-7-15)11-4-2-3-5-12(11)13/h2-5,10,14-15H,6-9H2,1H3. The highest BCUT2D eigenvalue weighted by Gasteiger charge is 2.08. The molecule has 0 aliphatic rings. The van der Waals surface area contributed by atoms with Crippen LogP contribution in [0.3, 0.4) is 0 Å². The molecule has 0 aromatic heterocycles. The zero-order valence-corrected chi connectivity index (χ0v) is 9.45. The number of hydrogen-bond donors (Lipinski definition) is 2. The van der Waals surface area contributed by atoms with Crippen molar-refractivity contribution in [1.82, 2.24) is 5.32 Å². The molecule has 16 heavy (non-hydrogen) atoms. The van der Waals surface area contributed by atoms with Crippen LogP contribution in [-0.2, 0) is 4.74 Å². The smallest absolute Gasteiger partial charge is 0.127 e. The third-order valence-corrected chi connectivity index (χ3v) is 2.30. The van der Waals surface area contributed by atoms with Gasteiger partial charge in [-0.25, -0.2) is 4.39 Å². The van der Waals surface area contributed by atoms with Gasteiger partial charge in [-0.1, -0.05) is 18.2 Å². The van der Waals surface area contributed by atoms with Crippen LogP contribution < -0.4 is 5.32 Å². The molecule has 0 fully saturated rings. The van der Waals surface area contributed by atoms with Gasteiger partial charge in [0.15, 0.2) is 0 Å². The lowest BCUT2D eigenvalue weighted by molar-refractivity contribution is 0.0928. The van der Waals surface area contributed by atoms with E-state index in [2.05, 4.69) is 5.32 Å². The van der Waals surface area contributed by atoms with Crippen LogP contribution in [0, 0.1) is 5.82 Å². The van der Waals surface area contributed by atoms with Gasteiger partial charge in [-0.2, -0.15) is 0 Å². The molecule has 4 heteroatoms. The topological polar surface area (TPSA) is 41.5 Å². The third kappa shape index (κ3) is 4.26. The first kappa shape index (κ1) is 13.1. The predicted octanol–water partition coefficient (Wildman–Crippen LogP) is 1.49. The Kier molecular flexibility index (Phi) is 6.00. The summed E-state index contributed by atoms with van der Waals surface area (Å²) in [6.07, 6.45) is 0. The van der Waals surface area contributed by atoms with Gasteiger partial charge in [0.2, 0.25) is 0 Å². The lowest BCUT2D eigenvalue weighted by atomic mass is 10.1. The summed E-state index contributed by atoms with van der Waals surface area (Å²) in [5, 5.41) is 11.6. The number of benzene rings is 1. The predicted molar refractivity (Wildman–Crippen MR) is 60.7 cm³/mol. The molecule has 0 aliphatic heterocycles. The zero-order chi connectivity index (χ0) is 11.8. The first-order chi connectivity index (χ1) is 7.75. The van der Waals surface area contributed by atoms with Gasteiger partial charge in [0.05, 0.1) is 19.8 Å². The minimum atomic E-state index is -0.196. The maximum Gasteiger partial charge on any atom is 0.127 e. The lowest BCUT2D eigenvalue weighted by Crippen LogP contribution is -2.24. The second-order valence-electron chi connectivity index (χ2n) is 3.53. The normalized spacial score (nSPS) is 12.7. The van der Waals surface area contributed by atoms with Crippen molar-refractivity contribution in [2.75, 3.05) is 26.4 Å². The van der Waals surface area contributed by atoms with Crippen molar-refractivity contribution < 1.29 is 14.2 Å². The molecule has 1 rings (SSSR count). The van der Waals surface area contributed by atoms with Gasteiger partial charge in [0, 0.05) is 18.2 Å². The second kappa shape index (κ2) is 7.33. The molecular formula is C12H18FNO2. The van der Waals surface area contributed by atoms with Crippen LogP contribution in [0.25, 0.3) is 0 Å². The van der Waals surface area contributed by atoms with E-state index in [9.17, 15) is 4.39 Å². The highest BCUT2D eigenvalue weighted by molar-refractivity contribution is 5.20. The van der Waals surface area contributed by atoms with E-state index in [1.54, 1.807) is 12.1 Å². The summed E-state index contributed by atoms with van der Waals surface area (Å²) in [6, 6.07) is 6.67. The summed E-state index contributed by atoms with van der Waals surface area (Å²) in [5.74, 6) is -0.196. The van der Waals surface area contributed by atoms with Crippen molar-refractivity contribution in [2.24, 2.45) is 0 Å². The van der Waals surface area contributed by atoms with Crippen molar-refractivity contribution in [1.29, 1.82) is 0 Å². The molecule has 0 spiro atoms. The van der Waals surface area contributed by atoms with Gasteiger partial charge in [-0.05, 0) is 13.0 Å². The quantitative estimate of drug-likeness (QED) is 0.693. The number of hydrogen-bond acceptors (Lipinski definition) is 3. The SMILES string of the molecule is CC(NCCOCCO)c1ccccc1F. The third-order valence-electron chi connectivity index (χ3n) is 2.30. The fourth-order valence-corrected chi connectivity index (χ4v) is 1.45. The molecule has 1 unspecified atom stereocenters. The molecule has 0 radical (unpaired) electrons. The van der Waals surface area contributed by atoms with Crippen molar-refractivity contribution in [2.45, 2.75) is 13.0 Å². The van der Waals surface area contributed by atoms with Crippen LogP contribution in [0.15, 0.2) is 24.3 Å². The number of aliphatic hydroxyl groups is 1. The Morgan fingerprint density at radius 1 is 1.38 bits per heavy atom. The Morgan fingerprint density at radius 3 is 2.81 bits per heavy atom. The van der Waals surface area contributed by atoms with Crippen LogP contribution in [0.5, 0.6) is 0 Å². The highest BCUT2D eigenvalue weighted by Crippen LogP contribution is 2.15. The van der Waals surface area contributed by atoms with E-state index >= 15 is 0 Å². The Morgan fingerprint density at radius 2 is 2.12 bits per heavy atom. The molecule has 90 valence electrons. The van der Waals surface area contributed by atoms with Crippen LogP contribution in [0.4, 0.5) is 4.39 Å². The Labute approximate surface area is 95.2 Å². The number of aliphatic hydroxyl groups excluding tert-OH is 1. The molecule has 0 saturated heterocycles. The maximum absolute atomic E-state index is 13.4. The van der Waals surface area contributed by atoms with Crippen molar-refractivity contribution >= 4 is 0 Å². The van der Waals surface area contributed by atoms with Gasteiger partial charge in [-0.15, -0.1) is 0 Å². The minimum absolute atomic E-state index is 0.0306. The maximum atomic E-state index is 13.4. The van der Waals surface area contributed by atoms with Crippen LogP contribution in [0.2, 0.25) is 0 Å². The number of nitrogens with one attached hydrogen (secondary N) is 1. The van der Waals surface area contributed by atoms with Crippen LogP contribution >= 0.6 is 0 Å². The first-order valence-electron chi connectivity index (χ1n) is 5.42. The molecule has 0 bridgehead atoms. The number of rotatable bonds is 7. The molecular weight excluding hydrogens is 209 g/mol. The Hall–Kier alpha value is -0.970. The van der Waals surface area contributed by atoms with Crippen LogP contribution in [-0.4, -0.2) is 31.5 Å². The first-order valence-corrected chi connectivity index (χ1v) is 5.42. The van der Waals surface area contributed by atoms with Crippen molar-refractivity contribution in [3.63, 3.8) is 0 Å². The van der Waals surface area contributed by atoms with Crippen LogP contribution in [0.1, 0.15) is 18.5 Å². The molecule has 0 amide bonds. The molecule has 2 N–H and O–H groups in total. The van der Waals surface area contributed by atoms with Gasteiger partial charge < -0.3 is 15.2 Å². The molecule has 1 atom stereocenters. The summed E-state index contributed by atoms with van der Waals surface area (Å²) < 4.78 is 18.5. The average Bonchev–Trinajstić information content (AvgIpc) is 2.29. The van der Waals surface area contributed by atoms with Gasteiger partial charge in [0.25, 0.3) is 0 Å². The average molecular weight is 227 g/mol. The second-order valence-corrected chi connectivity index (χ2v) is 3.53. The van der Waals surface area contributed by atoms with E-state index in [-0.39, 0.29) is 18.5 Å². The van der Waals surface area contributed by atoms with Gasteiger partial charge >= 0.3 is 0 Å². The van der Waals surface area contributed by atoms with Gasteiger partial charge in [-0.3, -0.25) is 0 Å². The van der Waals surface area contributed by atoms with E-state index in [1.807, 2.05) is 13.0 Å². The number of halogens is 1. The fraction of sp³-hybridized carbons (Fsp3) is 0.500. The number of ether oxygens (including phenoxy) is 1. The summed E-state index contributed by atoms with van der Waals surface area (Å²) >= 11 is 0. The van der Waals surface area contributed by atoms with E-state index in [1.165, 1.54) is 6.07 Å². The van der Waals surface area contributed by atoms with E-state index in [0.29, 0.717) is 25.3 Å². The lowest BCUT2D eigenvalue weighted by Gasteiger charge is -2.14. The summed E-state index contributed by atoms with van der Waals surface area (Å²) in [7, 11) is 0. The Balaban J connectivity index is 2.30. The monoisotopic (exact) mass is 227 g/mol. The largest absolute Gasteiger partial charge is 0.394 e. The van der Waals surface area contributed by atoms with E-state index in [0.717, 1.165) is 0 Å². The minimum Gasteiger partial charge on any atom is -0.394 e. The summed E-state index contributed by atoms with van der Waals surface area (Å²) in [5.41, 5.74) is 0.657. The molecule has 0 saturated carbocycles. The van der Waals surface area contributed by atoms with Crippen molar-refractivity contribution in [3.05, 3.63) is 35.6 Å². The fourth-order valence-electron chi connectivity index (χ4n) is 1.45. The summed E-state index contributed by atoms with van der Waals surface area (Å²) in [6.45, 7) is 3.43. The van der Waals surface area contributed by atoms with Gasteiger partial charge in [0.1, 0.15) is 5.82 Å². The molecule has 3 nitrogen and oxygen atoms in total. The molecule has 0 heterocycles. The Bertz CT molecular complexity index is 307. The van der Waals surface area contributed by atoms with Crippen molar-refractivity contribution in [3.8, 4) is 0 Å². The molecule has 0 aliphatic carbocycles. The van der Waals surface area contributed by atoms with E-state index < -0.39 is 0 Å². The summed E-state index contributed by atoms with van der Waals surface area (Å²) in [4.78, 5) is 0. The molecule has 1 aromatic rings. The molecule has 1 aromatic carbocycles. The highest BCUT2D eigenvalue weighted by atomic mass is 19.1. The van der Waals surface area contributed by atoms with E-state index in [4.69, 9.17) is 9.84 Å². The zero-order valence-electron chi connectivity index (χ0n) is 9.45.